The lowest BCUT2D eigenvalue weighted by Gasteiger charge is -2.39. The number of benzene rings is 1. The summed E-state index contributed by atoms with van der Waals surface area (Å²) in [5.41, 5.74) is 1.60. The fraction of sp³-hybridized carbons (Fsp3) is 0.429. The van der Waals surface area contributed by atoms with Crippen molar-refractivity contribution in [1.82, 2.24) is 19.8 Å². The van der Waals surface area contributed by atoms with Crippen molar-refractivity contribution in [3.8, 4) is 17.0 Å². The van der Waals surface area contributed by atoms with Crippen molar-refractivity contribution < 1.29 is 37.1 Å². The molecule has 0 radical (unpaired) electrons. The van der Waals surface area contributed by atoms with E-state index in [-0.39, 0.29) is 47.7 Å². The molecule has 0 amide bonds. The first kappa shape index (κ1) is 25.8. The molecule has 1 saturated carbocycles. The van der Waals surface area contributed by atoms with Gasteiger partial charge in [-0.05, 0) is 62.8 Å². The molecule has 41 heavy (non-hydrogen) atoms. The predicted octanol–water partition coefficient (Wildman–Crippen LogP) is 5.58. The van der Waals surface area contributed by atoms with E-state index < -0.39 is 12.3 Å². The number of ether oxygens (including phenoxy) is 2. The highest BCUT2D eigenvalue weighted by atomic mass is 19.4. The number of hydrogen-bond acceptors (Lipinski definition) is 8. The van der Waals surface area contributed by atoms with Crippen LogP contribution in [0.2, 0.25) is 0 Å². The van der Waals surface area contributed by atoms with Crippen molar-refractivity contribution in [2.24, 2.45) is 0 Å². The summed E-state index contributed by atoms with van der Waals surface area (Å²) in [5.74, 6) is 0.180. The highest BCUT2D eigenvalue weighted by molar-refractivity contribution is 5.86. The highest BCUT2D eigenvalue weighted by Crippen LogP contribution is 2.46. The third-order valence-corrected chi connectivity index (χ3v) is 8.08. The lowest BCUT2D eigenvalue weighted by Crippen LogP contribution is -2.46. The largest absolute Gasteiger partial charge is 0.573 e. The topological polar surface area (TPSA) is 115 Å². The number of hydrogen-bond donors (Lipinski definition) is 1. The Labute approximate surface area is 231 Å². The first-order valence-corrected chi connectivity index (χ1v) is 13.6. The van der Waals surface area contributed by atoms with E-state index in [4.69, 9.17) is 9.26 Å². The number of para-hydroxylation sites is 1. The summed E-state index contributed by atoms with van der Waals surface area (Å²) >= 11 is 0. The Morgan fingerprint density at radius 2 is 1.83 bits per heavy atom. The summed E-state index contributed by atoms with van der Waals surface area (Å²) in [5, 5.41) is 18.1. The van der Waals surface area contributed by atoms with Crippen LogP contribution >= 0.6 is 0 Å². The van der Waals surface area contributed by atoms with E-state index >= 15 is 0 Å². The fourth-order valence-electron chi connectivity index (χ4n) is 6.17. The molecule has 13 heteroatoms. The van der Waals surface area contributed by atoms with Crippen molar-refractivity contribution in [1.29, 1.82) is 0 Å². The van der Waals surface area contributed by atoms with Crippen molar-refractivity contribution in [3.63, 3.8) is 0 Å². The van der Waals surface area contributed by atoms with Gasteiger partial charge in [0, 0.05) is 29.1 Å². The molecule has 2 atom stereocenters. The minimum absolute atomic E-state index is 0.0593. The number of fused-ring (bicyclic) bond motifs is 3. The average molecular weight is 570 g/mol. The fourth-order valence-corrected chi connectivity index (χ4v) is 6.17. The van der Waals surface area contributed by atoms with Crippen LogP contribution in [0.5, 0.6) is 5.75 Å². The predicted molar refractivity (Wildman–Crippen MR) is 138 cm³/mol. The molecule has 10 nitrogen and oxygen atoms in total. The second-order valence-electron chi connectivity index (χ2n) is 10.8. The zero-order valence-corrected chi connectivity index (χ0v) is 21.8. The van der Waals surface area contributed by atoms with Gasteiger partial charge in [-0.15, -0.1) is 18.3 Å². The summed E-state index contributed by atoms with van der Waals surface area (Å²) in [7, 11) is 0. The third-order valence-electron chi connectivity index (χ3n) is 8.08. The van der Waals surface area contributed by atoms with Crippen LogP contribution in [-0.4, -0.2) is 55.4 Å². The molecular formula is C28H26F3N5O5. The van der Waals surface area contributed by atoms with Crippen LogP contribution in [0.25, 0.3) is 16.9 Å². The van der Waals surface area contributed by atoms with Gasteiger partial charge in [0.2, 0.25) is 0 Å². The number of imidazole rings is 1. The van der Waals surface area contributed by atoms with E-state index in [2.05, 4.69) is 24.9 Å². The number of rotatable bonds is 8. The number of carbonyl (C=O) groups is 1. The van der Waals surface area contributed by atoms with E-state index in [0.717, 1.165) is 44.3 Å². The van der Waals surface area contributed by atoms with Gasteiger partial charge in [0.15, 0.2) is 11.3 Å². The second-order valence-corrected chi connectivity index (χ2v) is 10.8. The minimum Gasteiger partial charge on any atom is -0.476 e. The van der Waals surface area contributed by atoms with Gasteiger partial charge >= 0.3 is 12.3 Å². The molecule has 1 N–H and O–H groups in total. The summed E-state index contributed by atoms with van der Waals surface area (Å²) in [4.78, 5) is 17.7. The van der Waals surface area contributed by atoms with E-state index in [0.29, 0.717) is 22.7 Å². The van der Waals surface area contributed by atoms with Crippen LogP contribution in [0.1, 0.15) is 66.3 Å². The van der Waals surface area contributed by atoms with Crippen LogP contribution in [-0.2, 0) is 11.3 Å². The molecule has 3 aromatic heterocycles. The van der Waals surface area contributed by atoms with Crippen LogP contribution in [0.3, 0.4) is 0 Å². The van der Waals surface area contributed by atoms with Crippen LogP contribution in [0.15, 0.2) is 47.1 Å². The average Bonchev–Trinajstić information content (AvgIpc) is 3.44. The molecule has 0 unspecified atom stereocenters. The number of nitrogens with zero attached hydrogens (tertiary/aromatic N) is 5. The number of alkyl halides is 3. The van der Waals surface area contributed by atoms with E-state index in [1.54, 1.807) is 18.2 Å². The number of carboxylic acid groups (broad SMARTS) is 1. The van der Waals surface area contributed by atoms with Crippen molar-refractivity contribution in [2.45, 2.75) is 75.6 Å². The maximum atomic E-state index is 13.1. The van der Waals surface area contributed by atoms with E-state index in [1.165, 1.54) is 22.8 Å². The van der Waals surface area contributed by atoms with Crippen LogP contribution in [0.4, 0.5) is 19.0 Å². The number of aromatic carboxylic acids is 1. The number of carboxylic acids is 1. The van der Waals surface area contributed by atoms with Crippen LogP contribution in [0, 0.1) is 0 Å². The van der Waals surface area contributed by atoms with Gasteiger partial charge < -0.3 is 24.0 Å². The minimum atomic E-state index is -4.83. The first-order chi connectivity index (χ1) is 19.7. The quantitative estimate of drug-likeness (QED) is 0.291. The Morgan fingerprint density at radius 1 is 1.07 bits per heavy atom. The molecule has 1 aliphatic carbocycles. The molecule has 2 bridgehead atoms. The Balaban J connectivity index is 1.09. The molecule has 214 valence electrons. The van der Waals surface area contributed by atoms with E-state index in [9.17, 15) is 23.1 Å². The molecule has 7 rings (SSSR count). The number of aromatic nitrogens is 4. The molecule has 1 aromatic carbocycles. The molecule has 2 aliphatic heterocycles. The van der Waals surface area contributed by atoms with Gasteiger partial charge in [0.05, 0.1) is 18.9 Å². The zero-order chi connectivity index (χ0) is 28.3. The number of anilines is 1. The summed E-state index contributed by atoms with van der Waals surface area (Å²) < 4.78 is 57.1. The van der Waals surface area contributed by atoms with Gasteiger partial charge in [0.1, 0.15) is 23.0 Å². The Kier molecular flexibility index (Phi) is 6.14. The zero-order valence-electron chi connectivity index (χ0n) is 21.8. The monoisotopic (exact) mass is 569 g/mol. The van der Waals surface area contributed by atoms with Gasteiger partial charge in [-0.1, -0.05) is 17.3 Å². The summed E-state index contributed by atoms with van der Waals surface area (Å²) in [6, 6.07) is 9.95. The number of piperidine rings is 1. The van der Waals surface area contributed by atoms with Gasteiger partial charge in [-0.3, -0.25) is 0 Å². The molecule has 5 heterocycles. The van der Waals surface area contributed by atoms with Gasteiger partial charge in [0.25, 0.3) is 0 Å². The van der Waals surface area contributed by atoms with Crippen molar-refractivity contribution in [2.75, 3.05) is 4.90 Å². The molecule has 3 fully saturated rings. The smallest absolute Gasteiger partial charge is 0.476 e. The van der Waals surface area contributed by atoms with Crippen molar-refractivity contribution in [3.05, 3.63) is 59.6 Å². The summed E-state index contributed by atoms with van der Waals surface area (Å²) in [6.45, 7) is 0.173. The Morgan fingerprint density at radius 3 is 2.54 bits per heavy atom. The maximum Gasteiger partial charge on any atom is 0.573 e. The maximum absolute atomic E-state index is 13.1. The lowest BCUT2D eigenvalue weighted by atomic mass is 9.99. The normalized spacial score (nSPS) is 22.4. The molecule has 2 saturated heterocycles. The Bertz CT molecular complexity index is 1600. The molecular weight excluding hydrogens is 543 g/mol. The second kappa shape index (κ2) is 9.75. The Hall–Kier alpha value is -4.13. The SMILES string of the molecule is O=C(O)c1cn2nc(N3[C@@H]4CC[C@@H]3CC(OCc3c(-c5ccccc5OC(F)(F)F)noc3C3CC3)C4)ccc2n1. The van der Waals surface area contributed by atoms with Crippen LogP contribution < -0.4 is 9.64 Å². The standard InChI is InChI=1S/C28H26F3N5O5/c29-28(30,31)40-22-4-2-1-3-19(22)25-20(26(41-34-25)15-5-6-15)14-39-18-11-16-7-8-17(12-18)36(16)24-10-9-23-32-21(27(37)38)13-35(23)33-24/h1-4,9-10,13,15-18H,5-8,11-12,14H2,(H,37,38)/t16-,17-/m1/s1. The molecule has 3 aliphatic rings. The molecule has 4 aromatic rings. The highest BCUT2D eigenvalue weighted by Gasteiger charge is 2.43. The van der Waals surface area contributed by atoms with E-state index in [1.807, 2.05) is 6.07 Å². The van der Waals surface area contributed by atoms with Gasteiger partial charge in [-0.25, -0.2) is 14.3 Å². The molecule has 0 spiro atoms. The van der Waals surface area contributed by atoms with Gasteiger partial charge in [-0.2, -0.15) is 0 Å². The first-order valence-electron chi connectivity index (χ1n) is 13.6. The third kappa shape index (κ3) is 4.98. The van der Waals surface area contributed by atoms with Crippen molar-refractivity contribution >= 4 is 17.4 Å². The number of halogens is 3. The lowest BCUT2D eigenvalue weighted by molar-refractivity contribution is -0.274. The summed E-state index contributed by atoms with van der Waals surface area (Å²) in [6.07, 6.45) is 1.85.